The molecule has 32 heavy (non-hydrogen) atoms. The van der Waals surface area contributed by atoms with Crippen molar-refractivity contribution in [3.63, 3.8) is 0 Å². The van der Waals surface area contributed by atoms with E-state index in [1.807, 2.05) is 11.4 Å². The van der Waals surface area contributed by atoms with Crippen molar-refractivity contribution < 1.29 is 8.78 Å². The van der Waals surface area contributed by atoms with Gasteiger partial charge in [-0.25, -0.2) is 18.3 Å². The number of aryl methyl sites for hydroxylation is 1. The first-order valence-corrected chi connectivity index (χ1v) is 11.7. The number of nitrogens with zero attached hydrogens (tertiary/aromatic N) is 4. The molecule has 1 fully saturated rings. The zero-order chi connectivity index (χ0) is 22.1. The van der Waals surface area contributed by atoms with Gasteiger partial charge in [-0.1, -0.05) is 23.4 Å². The van der Waals surface area contributed by atoms with Crippen LogP contribution in [0.5, 0.6) is 0 Å². The van der Waals surface area contributed by atoms with Crippen LogP contribution in [0.1, 0.15) is 79.9 Å². The Morgan fingerprint density at radius 2 is 2.00 bits per heavy atom. The molecule has 1 aromatic carbocycles. The Labute approximate surface area is 186 Å². The number of rotatable bonds is 5. The molecule has 0 bridgehead atoms. The molecule has 2 aromatic heterocycles. The molecule has 2 aliphatic carbocycles. The number of allylic oxidation sites excluding steroid dienone is 1. The van der Waals surface area contributed by atoms with Gasteiger partial charge in [-0.3, -0.25) is 0 Å². The van der Waals surface area contributed by atoms with Crippen LogP contribution in [0.2, 0.25) is 0 Å². The zero-order valence-corrected chi connectivity index (χ0v) is 18.4. The molecule has 0 amide bonds. The average molecular weight is 438 g/mol. The molecule has 0 radical (unpaired) electrons. The van der Waals surface area contributed by atoms with Crippen molar-refractivity contribution in [2.75, 3.05) is 6.54 Å². The fraction of sp³-hybridized carbons (Fsp3) is 0.480. The SMILES string of the molecule is CC(NCC1CCC(c2nnn3cnc4c(c23)C=CCCC4)CC1)c1ccc(F)c(F)c1. The van der Waals surface area contributed by atoms with E-state index in [0.29, 0.717) is 11.8 Å². The molecule has 5 rings (SSSR count). The van der Waals surface area contributed by atoms with E-state index in [1.165, 1.54) is 17.7 Å². The maximum atomic E-state index is 13.5. The van der Waals surface area contributed by atoms with Crippen molar-refractivity contribution >= 4 is 11.6 Å². The standard InChI is InChI=1S/C25H29F2N5/c1-16(19-11-12-21(26)22(27)13-19)28-14-17-7-9-18(10-8-17)24-25-20-5-3-2-4-6-23(20)29-15-32(25)31-30-24/h3,5,11-13,15-18,28H,2,4,6-10,14H2,1H3. The van der Waals surface area contributed by atoms with Crippen LogP contribution in [0.3, 0.4) is 0 Å². The molecule has 0 aliphatic heterocycles. The molecule has 1 atom stereocenters. The third-order valence-electron chi connectivity index (χ3n) is 7.07. The van der Waals surface area contributed by atoms with E-state index in [0.717, 1.165) is 74.0 Å². The first-order valence-electron chi connectivity index (χ1n) is 11.7. The number of hydrogen-bond acceptors (Lipinski definition) is 4. The Balaban J connectivity index is 1.23. The molecule has 1 N–H and O–H groups in total. The second-order valence-corrected chi connectivity index (χ2v) is 9.19. The summed E-state index contributed by atoms with van der Waals surface area (Å²) in [7, 11) is 0. The van der Waals surface area contributed by atoms with E-state index in [2.05, 4.69) is 32.8 Å². The summed E-state index contributed by atoms with van der Waals surface area (Å²) in [5, 5.41) is 12.4. The Kier molecular flexibility index (Phi) is 6.00. The lowest BCUT2D eigenvalue weighted by Crippen LogP contribution is -2.28. The van der Waals surface area contributed by atoms with Crippen LogP contribution in [-0.2, 0) is 6.42 Å². The van der Waals surface area contributed by atoms with Crippen molar-refractivity contribution in [2.45, 2.75) is 63.8 Å². The quantitative estimate of drug-likeness (QED) is 0.583. The van der Waals surface area contributed by atoms with Gasteiger partial charge in [0.15, 0.2) is 11.6 Å². The van der Waals surface area contributed by atoms with E-state index in [4.69, 9.17) is 0 Å². The minimum atomic E-state index is -0.802. The van der Waals surface area contributed by atoms with E-state index < -0.39 is 11.6 Å². The van der Waals surface area contributed by atoms with E-state index >= 15 is 0 Å². The highest BCUT2D eigenvalue weighted by Crippen LogP contribution is 2.38. The molecule has 0 saturated heterocycles. The Hall–Kier alpha value is -2.67. The first-order chi connectivity index (χ1) is 15.6. The minimum absolute atomic E-state index is 0.0150. The van der Waals surface area contributed by atoms with Crippen LogP contribution in [0.15, 0.2) is 30.6 Å². The number of fused-ring (bicyclic) bond motifs is 3. The summed E-state index contributed by atoms with van der Waals surface area (Å²) in [6, 6.07) is 4.12. The minimum Gasteiger partial charge on any atom is -0.310 e. The Morgan fingerprint density at radius 1 is 1.16 bits per heavy atom. The molecule has 2 aliphatic rings. The van der Waals surface area contributed by atoms with Crippen LogP contribution < -0.4 is 5.32 Å². The van der Waals surface area contributed by atoms with Gasteiger partial charge >= 0.3 is 0 Å². The number of benzene rings is 1. The topological polar surface area (TPSA) is 55.1 Å². The average Bonchev–Trinajstić information content (AvgIpc) is 3.10. The summed E-state index contributed by atoms with van der Waals surface area (Å²) in [4.78, 5) is 4.61. The molecule has 168 valence electrons. The van der Waals surface area contributed by atoms with Gasteiger partial charge in [-0.2, -0.15) is 0 Å². The fourth-order valence-electron chi connectivity index (χ4n) is 5.10. The Bertz CT molecular complexity index is 1130. The van der Waals surface area contributed by atoms with Crippen molar-refractivity contribution in [2.24, 2.45) is 5.92 Å². The van der Waals surface area contributed by atoms with Crippen LogP contribution in [-0.4, -0.2) is 26.4 Å². The smallest absolute Gasteiger partial charge is 0.159 e. The molecule has 7 heteroatoms. The highest BCUT2D eigenvalue weighted by Gasteiger charge is 2.27. The molecule has 0 spiro atoms. The molecule has 3 aromatic rings. The van der Waals surface area contributed by atoms with Crippen molar-refractivity contribution in [1.82, 2.24) is 25.1 Å². The van der Waals surface area contributed by atoms with Crippen LogP contribution in [0.25, 0.3) is 11.6 Å². The second-order valence-electron chi connectivity index (χ2n) is 9.19. The summed E-state index contributed by atoms with van der Waals surface area (Å²) >= 11 is 0. The van der Waals surface area contributed by atoms with Gasteiger partial charge in [-0.15, -0.1) is 5.10 Å². The summed E-state index contributed by atoms with van der Waals surface area (Å²) in [5.41, 5.74) is 5.35. The van der Waals surface area contributed by atoms with Crippen LogP contribution >= 0.6 is 0 Å². The van der Waals surface area contributed by atoms with E-state index in [9.17, 15) is 8.78 Å². The highest BCUT2D eigenvalue weighted by molar-refractivity contribution is 5.73. The normalized spacial score (nSPS) is 22.0. The van der Waals surface area contributed by atoms with Crippen molar-refractivity contribution in [3.8, 4) is 0 Å². The van der Waals surface area contributed by atoms with Gasteiger partial charge in [0.1, 0.15) is 11.8 Å². The molecule has 1 saturated carbocycles. The molecule has 1 unspecified atom stereocenters. The number of aromatic nitrogens is 4. The summed E-state index contributed by atoms with van der Waals surface area (Å²) in [6.45, 7) is 2.87. The first kappa shape index (κ1) is 21.2. The van der Waals surface area contributed by atoms with E-state index in [1.54, 1.807) is 12.4 Å². The number of nitrogens with one attached hydrogen (secondary N) is 1. The zero-order valence-electron chi connectivity index (χ0n) is 18.4. The van der Waals surface area contributed by atoms with Gasteiger partial charge in [0, 0.05) is 17.5 Å². The van der Waals surface area contributed by atoms with Gasteiger partial charge in [0.25, 0.3) is 0 Å². The lowest BCUT2D eigenvalue weighted by atomic mass is 9.80. The lowest BCUT2D eigenvalue weighted by molar-refractivity contribution is 0.304. The largest absolute Gasteiger partial charge is 0.310 e. The summed E-state index contributed by atoms with van der Waals surface area (Å²) in [6.07, 6.45) is 13.9. The van der Waals surface area contributed by atoms with Crippen LogP contribution in [0.4, 0.5) is 8.78 Å². The lowest BCUT2D eigenvalue weighted by Gasteiger charge is -2.29. The Morgan fingerprint density at radius 3 is 2.81 bits per heavy atom. The van der Waals surface area contributed by atoms with Crippen molar-refractivity contribution in [1.29, 1.82) is 0 Å². The summed E-state index contributed by atoms with van der Waals surface area (Å²) < 4.78 is 28.6. The monoisotopic (exact) mass is 437 g/mol. The van der Waals surface area contributed by atoms with Crippen molar-refractivity contribution in [3.05, 3.63) is 64.8 Å². The van der Waals surface area contributed by atoms with Gasteiger partial charge in [0.05, 0.1) is 11.4 Å². The number of halogens is 2. The molecule has 5 nitrogen and oxygen atoms in total. The maximum Gasteiger partial charge on any atom is 0.159 e. The van der Waals surface area contributed by atoms with Crippen LogP contribution in [0, 0.1) is 17.6 Å². The predicted molar refractivity (Wildman–Crippen MR) is 120 cm³/mol. The third kappa shape index (κ3) is 4.18. The summed E-state index contributed by atoms with van der Waals surface area (Å²) in [5.74, 6) is -0.612. The fourth-order valence-corrected chi connectivity index (χ4v) is 5.10. The second kappa shape index (κ2) is 9.06. The molecule has 2 heterocycles. The van der Waals surface area contributed by atoms with E-state index in [-0.39, 0.29) is 6.04 Å². The van der Waals surface area contributed by atoms with Gasteiger partial charge in [-0.05, 0) is 82.0 Å². The third-order valence-corrected chi connectivity index (χ3v) is 7.07. The highest BCUT2D eigenvalue weighted by atomic mass is 19.2. The molecular weight excluding hydrogens is 408 g/mol. The van der Waals surface area contributed by atoms with Gasteiger partial charge < -0.3 is 5.32 Å². The molecular formula is C25H29F2N5. The van der Waals surface area contributed by atoms with Gasteiger partial charge in [0.2, 0.25) is 0 Å². The number of hydrogen-bond donors (Lipinski definition) is 1. The predicted octanol–water partition coefficient (Wildman–Crippen LogP) is 5.38. The maximum absolute atomic E-state index is 13.5.